The molecular formula is C17H28N6O14P2. The molecule has 2 aliphatic heterocycles. The van der Waals surface area contributed by atoms with Crippen molar-refractivity contribution in [2.45, 2.75) is 61.9 Å². The third-order valence-corrected chi connectivity index (χ3v) is 8.79. The van der Waals surface area contributed by atoms with Crippen molar-refractivity contribution in [1.82, 2.24) is 24.8 Å². The molecule has 0 radical (unpaired) electrons. The standard InChI is InChI=1S/C17H28N6O14P2/c1-5-9(24)12(27)10(25)6(20-5)2-34-38(30,31)37-39(32,33)35-3-7-11(26)13(28)16(36-7)23-4-19-8-14(23)21-17(18)22-15(8)29/h4-7,9-13,16,20,24-28H,2-3H2,1H3,(H,30,31)(H,32,33)(H3,18,21,22,29)/t5-,6-,7+,9+,10-,11+,12-,13+,16+/m0/s1. The van der Waals surface area contributed by atoms with E-state index in [9.17, 15) is 49.2 Å². The number of aromatic nitrogens is 4. The van der Waals surface area contributed by atoms with Crippen molar-refractivity contribution >= 4 is 32.8 Å². The molecule has 11 atom stereocenters. The number of nitrogen functional groups attached to an aromatic ring is 1. The molecule has 0 aliphatic carbocycles. The summed E-state index contributed by atoms with van der Waals surface area (Å²) in [6.45, 7) is -0.225. The Kier molecular flexibility index (Phi) is 8.63. The van der Waals surface area contributed by atoms with E-state index in [2.05, 4.69) is 33.6 Å². The van der Waals surface area contributed by atoms with Crippen molar-refractivity contribution < 1.29 is 62.5 Å². The number of hydrogen-bond donors (Lipinski definition) is 10. The van der Waals surface area contributed by atoms with E-state index in [0.717, 1.165) is 10.9 Å². The Morgan fingerprint density at radius 1 is 1.03 bits per heavy atom. The van der Waals surface area contributed by atoms with E-state index in [4.69, 9.17) is 10.5 Å². The Bertz CT molecular complexity index is 1340. The van der Waals surface area contributed by atoms with Crippen molar-refractivity contribution in [3.63, 3.8) is 0 Å². The van der Waals surface area contributed by atoms with Crippen LogP contribution in [0.15, 0.2) is 11.1 Å². The monoisotopic (exact) mass is 602 g/mol. The van der Waals surface area contributed by atoms with Crippen molar-refractivity contribution in [2.24, 2.45) is 0 Å². The van der Waals surface area contributed by atoms with E-state index < -0.39 is 89.4 Å². The van der Waals surface area contributed by atoms with Crippen LogP contribution < -0.4 is 16.6 Å². The molecule has 220 valence electrons. The van der Waals surface area contributed by atoms with Crippen molar-refractivity contribution in [2.75, 3.05) is 18.9 Å². The van der Waals surface area contributed by atoms with Crippen LogP contribution >= 0.6 is 15.6 Å². The SMILES string of the molecule is C[C@@H]1N[C@@H](COP(=O)(O)OP(=O)(O)OC[C@H]2O[C@@H](n3cnc4c(=O)[nH]c(N)nc43)[C@H](O)[C@@H]2O)[C@H](O)[C@@H](O)[C@@H]1O. The van der Waals surface area contributed by atoms with Crippen LogP contribution in [0.3, 0.4) is 0 Å². The maximum absolute atomic E-state index is 12.3. The van der Waals surface area contributed by atoms with Crippen LogP contribution in [0.2, 0.25) is 0 Å². The summed E-state index contributed by atoms with van der Waals surface area (Å²) < 4.78 is 44.6. The maximum Gasteiger partial charge on any atom is 0.481 e. The van der Waals surface area contributed by atoms with Crippen molar-refractivity contribution in [1.29, 1.82) is 0 Å². The van der Waals surface area contributed by atoms with Gasteiger partial charge in [0.25, 0.3) is 5.56 Å². The molecule has 22 heteroatoms. The lowest BCUT2D eigenvalue weighted by Gasteiger charge is -2.40. The number of fused-ring (bicyclic) bond motifs is 1. The van der Waals surface area contributed by atoms with Gasteiger partial charge in [0.1, 0.15) is 30.5 Å². The minimum atomic E-state index is -5.34. The van der Waals surface area contributed by atoms with Gasteiger partial charge in [0, 0.05) is 6.04 Å². The highest BCUT2D eigenvalue weighted by atomic mass is 31.3. The first-order chi connectivity index (χ1) is 18.1. The van der Waals surface area contributed by atoms with Gasteiger partial charge in [-0.1, -0.05) is 0 Å². The van der Waals surface area contributed by atoms with Gasteiger partial charge in [0.05, 0.1) is 31.7 Å². The van der Waals surface area contributed by atoms with Gasteiger partial charge in [-0.15, -0.1) is 0 Å². The first-order valence-electron chi connectivity index (χ1n) is 11.3. The zero-order chi connectivity index (χ0) is 28.9. The highest BCUT2D eigenvalue weighted by Crippen LogP contribution is 2.60. The lowest BCUT2D eigenvalue weighted by atomic mass is 9.91. The first kappa shape index (κ1) is 30.1. The second-order valence-corrected chi connectivity index (χ2v) is 12.0. The normalized spacial score (nSPS) is 36.6. The third-order valence-electron chi connectivity index (χ3n) is 6.19. The number of aromatic amines is 1. The number of nitrogens with two attached hydrogens (primary N) is 1. The zero-order valence-corrected chi connectivity index (χ0v) is 21.8. The van der Waals surface area contributed by atoms with Crippen LogP contribution in [0.4, 0.5) is 5.95 Å². The summed E-state index contributed by atoms with van der Waals surface area (Å²) in [5, 5.41) is 53.0. The Labute approximate surface area is 218 Å². The Morgan fingerprint density at radius 2 is 1.67 bits per heavy atom. The molecule has 20 nitrogen and oxygen atoms in total. The molecule has 4 rings (SSSR count). The Hall–Kier alpha value is -1.87. The number of anilines is 1. The largest absolute Gasteiger partial charge is 0.481 e. The van der Waals surface area contributed by atoms with Gasteiger partial charge in [0.2, 0.25) is 5.95 Å². The molecular weight excluding hydrogens is 574 g/mol. The average Bonchev–Trinajstić information content (AvgIpc) is 3.38. The summed E-state index contributed by atoms with van der Waals surface area (Å²) >= 11 is 0. The summed E-state index contributed by atoms with van der Waals surface area (Å²) in [6, 6.07) is -1.88. The summed E-state index contributed by atoms with van der Waals surface area (Å²) in [7, 11) is -10.6. The van der Waals surface area contributed by atoms with Gasteiger partial charge in [0.15, 0.2) is 17.4 Å². The molecule has 0 saturated carbocycles. The summed E-state index contributed by atoms with van der Waals surface area (Å²) in [4.78, 5) is 41.7. The fourth-order valence-corrected chi connectivity index (χ4v) is 6.27. The van der Waals surface area contributed by atoms with Gasteiger partial charge in [-0.25, -0.2) is 14.1 Å². The van der Waals surface area contributed by atoms with Crippen molar-refractivity contribution in [3.05, 3.63) is 16.7 Å². The molecule has 4 heterocycles. The summed E-state index contributed by atoms with van der Waals surface area (Å²) in [6.07, 6.45) is -9.64. The average molecular weight is 602 g/mol. The van der Waals surface area contributed by atoms with E-state index in [0.29, 0.717) is 0 Å². The number of aliphatic hydroxyl groups excluding tert-OH is 5. The number of imidazole rings is 1. The minimum Gasteiger partial charge on any atom is -0.389 e. The van der Waals surface area contributed by atoms with Crippen LogP contribution in [0.25, 0.3) is 11.2 Å². The fourth-order valence-electron chi connectivity index (χ4n) is 4.16. The summed E-state index contributed by atoms with van der Waals surface area (Å²) in [5.41, 5.74) is 4.63. The van der Waals surface area contributed by atoms with Crippen molar-refractivity contribution in [3.8, 4) is 0 Å². The second kappa shape index (κ2) is 11.2. The lowest BCUT2D eigenvalue weighted by molar-refractivity contribution is -0.116. The lowest BCUT2D eigenvalue weighted by Crippen LogP contribution is -2.65. The van der Waals surface area contributed by atoms with E-state index in [1.54, 1.807) is 0 Å². The molecule has 2 saturated heterocycles. The predicted octanol–water partition coefficient (Wildman–Crippen LogP) is -3.99. The van der Waals surface area contributed by atoms with Crippen LogP contribution in [-0.2, 0) is 27.2 Å². The summed E-state index contributed by atoms with van der Waals surface area (Å²) in [5.74, 6) is -0.256. The number of nitrogens with one attached hydrogen (secondary N) is 2. The quantitative estimate of drug-likeness (QED) is 0.122. The fraction of sp³-hybridized carbons (Fsp3) is 0.706. The number of piperidine rings is 1. The number of ether oxygens (including phenoxy) is 1. The molecule has 0 amide bonds. The van der Waals surface area contributed by atoms with Crippen LogP contribution in [-0.4, -0.2) is 117 Å². The van der Waals surface area contributed by atoms with Crippen LogP contribution in [0.5, 0.6) is 0 Å². The number of aliphatic hydroxyl groups is 5. The first-order valence-corrected chi connectivity index (χ1v) is 14.3. The number of rotatable bonds is 9. The molecule has 0 bridgehead atoms. The Morgan fingerprint density at radius 3 is 2.33 bits per heavy atom. The Balaban J connectivity index is 1.35. The third kappa shape index (κ3) is 6.39. The van der Waals surface area contributed by atoms with Gasteiger partial charge in [-0.3, -0.25) is 23.4 Å². The van der Waals surface area contributed by atoms with Gasteiger partial charge >= 0.3 is 15.6 Å². The topological polar surface area (TPSA) is 314 Å². The molecule has 11 N–H and O–H groups in total. The number of hydrogen-bond acceptors (Lipinski definition) is 16. The number of phosphoric ester groups is 2. The highest BCUT2D eigenvalue weighted by molar-refractivity contribution is 7.61. The second-order valence-electron chi connectivity index (χ2n) is 8.97. The minimum absolute atomic E-state index is 0.0856. The zero-order valence-electron chi connectivity index (χ0n) is 20.0. The van der Waals surface area contributed by atoms with Gasteiger partial charge < -0.3 is 51.1 Å². The molecule has 2 aliphatic rings. The predicted molar refractivity (Wildman–Crippen MR) is 126 cm³/mol. The molecule has 2 unspecified atom stereocenters. The molecule has 2 fully saturated rings. The smallest absolute Gasteiger partial charge is 0.389 e. The number of phosphoric acid groups is 2. The maximum atomic E-state index is 12.3. The highest BCUT2D eigenvalue weighted by Gasteiger charge is 2.47. The molecule has 0 aromatic carbocycles. The van der Waals surface area contributed by atoms with E-state index in [-0.39, 0.29) is 17.1 Å². The molecule has 2 aromatic rings. The number of H-pyrrole nitrogens is 1. The molecule has 39 heavy (non-hydrogen) atoms. The van der Waals surface area contributed by atoms with Gasteiger partial charge in [-0.2, -0.15) is 9.29 Å². The van der Waals surface area contributed by atoms with E-state index in [1.165, 1.54) is 6.92 Å². The number of nitrogens with zero attached hydrogens (tertiary/aromatic N) is 3. The van der Waals surface area contributed by atoms with Gasteiger partial charge in [-0.05, 0) is 6.92 Å². The molecule has 0 spiro atoms. The molecule has 2 aromatic heterocycles. The van der Waals surface area contributed by atoms with Crippen LogP contribution in [0.1, 0.15) is 13.2 Å². The van der Waals surface area contributed by atoms with E-state index >= 15 is 0 Å². The van der Waals surface area contributed by atoms with Crippen LogP contribution in [0, 0.1) is 0 Å². The van der Waals surface area contributed by atoms with E-state index in [1.807, 2.05) is 0 Å².